The van der Waals surface area contributed by atoms with Gasteiger partial charge in [-0.25, -0.2) is 9.59 Å². The number of carboxylic acids is 1. The Morgan fingerprint density at radius 1 is 1.33 bits per heavy atom. The Morgan fingerprint density at radius 3 is 2.76 bits per heavy atom. The number of aliphatic hydroxyl groups excluding tert-OH is 1. The van der Waals surface area contributed by atoms with E-state index in [0.717, 1.165) is 25.7 Å². The van der Waals surface area contributed by atoms with Crippen LogP contribution in [0.3, 0.4) is 0 Å². The fourth-order valence-corrected chi connectivity index (χ4v) is 3.38. The molecule has 0 bridgehead atoms. The minimum absolute atomic E-state index is 0.0116. The lowest BCUT2D eigenvalue weighted by atomic mass is 9.71. The number of carbonyl (C=O) groups is 2. The van der Waals surface area contributed by atoms with Crippen LogP contribution in [0, 0.1) is 5.92 Å². The molecule has 1 heterocycles. The minimum Gasteiger partial charge on any atom is -0.480 e. The van der Waals surface area contributed by atoms with Crippen molar-refractivity contribution >= 4 is 12.0 Å². The number of amides is 2. The Hall–Kier alpha value is -1.34. The number of nitrogens with one attached hydrogen (secondary N) is 1. The van der Waals surface area contributed by atoms with Crippen molar-refractivity contribution in [2.24, 2.45) is 5.92 Å². The number of urea groups is 1. The molecule has 1 aliphatic heterocycles. The molecule has 2 fully saturated rings. The molecule has 1 saturated heterocycles. The topological polar surface area (TPSA) is 110 Å². The van der Waals surface area contributed by atoms with Gasteiger partial charge in [-0.1, -0.05) is 12.8 Å². The second-order valence-electron chi connectivity index (χ2n) is 6.09. The van der Waals surface area contributed by atoms with Crippen molar-refractivity contribution in [3.05, 3.63) is 0 Å². The second-order valence-corrected chi connectivity index (χ2v) is 6.09. The number of aliphatic hydroxyl groups is 2. The predicted molar refractivity (Wildman–Crippen MR) is 74.8 cm³/mol. The minimum atomic E-state index is -1.15. The number of likely N-dealkylation sites (tertiary alicyclic amines) is 1. The van der Waals surface area contributed by atoms with Gasteiger partial charge in [0, 0.05) is 32.0 Å². The van der Waals surface area contributed by atoms with Crippen molar-refractivity contribution in [2.75, 3.05) is 19.7 Å². The standard InChI is InChI=1S/C14H24N2O5/c17-8-4-11(12(18)19)15-13(20)16-7-6-14(21)5-2-1-3-10(14)9-16/h10-11,17,21H,1-9H2,(H,15,20)(H,18,19). The SMILES string of the molecule is O=C(O)C(CCO)NC(=O)N1CCC2(O)CCCCC2C1. The average Bonchev–Trinajstić information content (AvgIpc) is 2.45. The fourth-order valence-electron chi connectivity index (χ4n) is 3.38. The van der Waals surface area contributed by atoms with E-state index in [1.807, 2.05) is 0 Å². The van der Waals surface area contributed by atoms with Crippen molar-refractivity contribution in [3.8, 4) is 0 Å². The van der Waals surface area contributed by atoms with E-state index in [0.29, 0.717) is 19.5 Å². The number of rotatable bonds is 4. The number of carbonyl (C=O) groups excluding carboxylic acids is 1. The van der Waals surface area contributed by atoms with Gasteiger partial charge in [-0.05, 0) is 19.3 Å². The normalized spacial score (nSPS) is 30.4. The van der Waals surface area contributed by atoms with Gasteiger partial charge in [0.05, 0.1) is 5.60 Å². The van der Waals surface area contributed by atoms with Gasteiger partial charge in [0.1, 0.15) is 6.04 Å². The molecule has 1 saturated carbocycles. The molecule has 0 aromatic carbocycles. The summed E-state index contributed by atoms with van der Waals surface area (Å²) in [4.78, 5) is 24.7. The molecule has 21 heavy (non-hydrogen) atoms. The molecular formula is C14H24N2O5. The summed E-state index contributed by atoms with van der Waals surface area (Å²) < 4.78 is 0. The molecule has 0 radical (unpaired) electrons. The fraction of sp³-hybridized carbons (Fsp3) is 0.857. The van der Waals surface area contributed by atoms with E-state index >= 15 is 0 Å². The maximum atomic E-state index is 12.2. The molecule has 0 aromatic heterocycles. The summed E-state index contributed by atoms with van der Waals surface area (Å²) in [7, 11) is 0. The Balaban J connectivity index is 1.93. The van der Waals surface area contributed by atoms with Gasteiger partial charge in [0.2, 0.25) is 0 Å². The lowest BCUT2D eigenvalue weighted by Crippen LogP contribution is -2.58. The molecular weight excluding hydrogens is 276 g/mol. The molecule has 0 aromatic rings. The number of piperidine rings is 1. The molecule has 7 nitrogen and oxygen atoms in total. The molecule has 2 amide bonds. The monoisotopic (exact) mass is 300 g/mol. The van der Waals surface area contributed by atoms with Crippen LogP contribution in [0.4, 0.5) is 4.79 Å². The van der Waals surface area contributed by atoms with Crippen LogP contribution in [0.2, 0.25) is 0 Å². The quantitative estimate of drug-likeness (QED) is 0.591. The molecule has 1 aliphatic carbocycles. The van der Waals surface area contributed by atoms with Crippen LogP contribution < -0.4 is 5.32 Å². The van der Waals surface area contributed by atoms with Gasteiger partial charge in [-0.2, -0.15) is 0 Å². The van der Waals surface area contributed by atoms with Crippen molar-refractivity contribution in [2.45, 2.75) is 50.2 Å². The summed E-state index contributed by atoms with van der Waals surface area (Å²) in [6.07, 6.45) is 4.31. The zero-order valence-corrected chi connectivity index (χ0v) is 12.1. The third kappa shape index (κ3) is 3.65. The van der Waals surface area contributed by atoms with Gasteiger partial charge in [0.25, 0.3) is 0 Å². The van der Waals surface area contributed by atoms with Crippen molar-refractivity contribution < 1.29 is 24.9 Å². The van der Waals surface area contributed by atoms with Gasteiger partial charge in [0.15, 0.2) is 0 Å². The summed E-state index contributed by atoms with van der Waals surface area (Å²) in [6, 6.07) is -1.50. The zero-order valence-electron chi connectivity index (χ0n) is 12.1. The van der Waals surface area contributed by atoms with Crippen LogP contribution in [0.1, 0.15) is 38.5 Å². The van der Waals surface area contributed by atoms with Gasteiger partial charge in [-0.15, -0.1) is 0 Å². The first-order valence-electron chi connectivity index (χ1n) is 7.58. The number of carboxylic acid groups (broad SMARTS) is 1. The lowest BCUT2D eigenvalue weighted by molar-refractivity contribution is -0.139. The second kappa shape index (κ2) is 6.62. The van der Waals surface area contributed by atoms with Crippen molar-refractivity contribution in [1.29, 1.82) is 0 Å². The molecule has 3 unspecified atom stereocenters. The number of hydrogen-bond acceptors (Lipinski definition) is 4. The van der Waals surface area contributed by atoms with Crippen LogP contribution in [0.15, 0.2) is 0 Å². The van der Waals surface area contributed by atoms with E-state index in [1.165, 1.54) is 0 Å². The van der Waals surface area contributed by atoms with Crippen molar-refractivity contribution in [3.63, 3.8) is 0 Å². The number of nitrogens with zero attached hydrogens (tertiary/aromatic N) is 1. The maximum Gasteiger partial charge on any atom is 0.326 e. The van der Waals surface area contributed by atoms with E-state index in [9.17, 15) is 14.7 Å². The molecule has 7 heteroatoms. The van der Waals surface area contributed by atoms with Crippen LogP contribution in [0.5, 0.6) is 0 Å². The predicted octanol–water partition coefficient (Wildman–Crippen LogP) is 0.159. The van der Waals surface area contributed by atoms with Crippen LogP contribution >= 0.6 is 0 Å². The van der Waals surface area contributed by atoms with Crippen LogP contribution in [-0.2, 0) is 4.79 Å². The first kappa shape index (κ1) is 16.0. The highest BCUT2D eigenvalue weighted by atomic mass is 16.4. The van der Waals surface area contributed by atoms with E-state index < -0.39 is 23.6 Å². The zero-order chi connectivity index (χ0) is 15.5. The van der Waals surface area contributed by atoms with Gasteiger partial charge >= 0.3 is 12.0 Å². The van der Waals surface area contributed by atoms with E-state index in [-0.39, 0.29) is 18.9 Å². The maximum absolute atomic E-state index is 12.2. The number of aliphatic carboxylic acids is 1. The summed E-state index contributed by atoms with van der Waals surface area (Å²) in [6.45, 7) is 0.609. The Kier molecular flexibility index (Phi) is 5.05. The van der Waals surface area contributed by atoms with Crippen LogP contribution in [0.25, 0.3) is 0 Å². The molecule has 0 spiro atoms. The summed E-state index contributed by atoms with van der Waals surface area (Å²) in [5, 5.41) is 30.8. The highest BCUT2D eigenvalue weighted by Crippen LogP contribution is 2.39. The van der Waals surface area contributed by atoms with E-state index in [1.54, 1.807) is 4.90 Å². The third-order valence-corrected chi connectivity index (χ3v) is 4.73. The highest BCUT2D eigenvalue weighted by molar-refractivity contribution is 5.82. The van der Waals surface area contributed by atoms with Gasteiger partial charge in [-0.3, -0.25) is 0 Å². The summed E-state index contributed by atoms with van der Waals surface area (Å²) in [5.74, 6) is -1.07. The van der Waals surface area contributed by atoms with Crippen LogP contribution in [-0.4, -0.2) is 63.6 Å². The Labute approximate surface area is 123 Å². The van der Waals surface area contributed by atoms with E-state index in [2.05, 4.69) is 5.32 Å². The Morgan fingerprint density at radius 2 is 2.10 bits per heavy atom. The van der Waals surface area contributed by atoms with Crippen molar-refractivity contribution in [1.82, 2.24) is 10.2 Å². The molecule has 4 N–H and O–H groups in total. The van der Waals surface area contributed by atoms with Gasteiger partial charge < -0.3 is 25.5 Å². The molecule has 3 atom stereocenters. The first-order valence-corrected chi connectivity index (χ1v) is 7.58. The number of hydrogen-bond donors (Lipinski definition) is 4. The Bertz CT molecular complexity index is 403. The highest BCUT2D eigenvalue weighted by Gasteiger charge is 2.44. The smallest absolute Gasteiger partial charge is 0.326 e. The molecule has 2 rings (SSSR count). The molecule has 120 valence electrons. The summed E-state index contributed by atoms with van der Waals surface area (Å²) in [5.41, 5.74) is -0.660. The first-order chi connectivity index (χ1) is 9.96. The third-order valence-electron chi connectivity index (χ3n) is 4.73. The largest absolute Gasteiger partial charge is 0.480 e. The van der Waals surface area contributed by atoms with E-state index in [4.69, 9.17) is 10.2 Å². The summed E-state index contributed by atoms with van der Waals surface area (Å²) >= 11 is 0. The average molecular weight is 300 g/mol. The number of fused-ring (bicyclic) bond motifs is 1. The molecule has 2 aliphatic rings. The lowest BCUT2D eigenvalue weighted by Gasteiger charge is -2.47.